The number of anilines is 1. The van der Waals surface area contributed by atoms with Gasteiger partial charge in [-0.25, -0.2) is 0 Å². The van der Waals surface area contributed by atoms with Crippen LogP contribution in [-0.2, 0) is 22.6 Å². The molecule has 0 aliphatic carbocycles. The molecule has 2 aromatic carbocycles. The number of rotatable bonds is 7. The Labute approximate surface area is 174 Å². The summed E-state index contributed by atoms with van der Waals surface area (Å²) >= 11 is 0. The van der Waals surface area contributed by atoms with Crippen molar-refractivity contribution in [3.8, 4) is 17.0 Å². The van der Waals surface area contributed by atoms with Crippen molar-refractivity contribution in [2.24, 2.45) is 7.05 Å². The van der Waals surface area contributed by atoms with Crippen molar-refractivity contribution in [1.29, 1.82) is 0 Å². The molecule has 9 heteroatoms. The molecular formula is C21H22N3O5P. The lowest BCUT2D eigenvalue weighted by atomic mass is 10.1. The monoisotopic (exact) mass is 427 g/mol. The van der Waals surface area contributed by atoms with Gasteiger partial charge in [0, 0.05) is 29.9 Å². The minimum Gasteiger partial charge on any atom is -0.497 e. The minimum absolute atomic E-state index is 0.331. The van der Waals surface area contributed by atoms with E-state index in [1.807, 2.05) is 31.3 Å². The van der Waals surface area contributed by atoms with Crippen molar-refractivity contribution in [2.45, 2.75) is 6.16 Å². The van der Waals surface area contributed by atoms with Crippen LogP contribution in [0.4, 0.5) is 5.69 Å². The van der Waals surface area contributed by atoms with Gasteiger partial charge in [-0.3, -0.25) is 14.0 Å². The van der Waals surface area contributed by atoms with Crippen LogP contribution in [0.1, 0.15) is 11.1 Å². The molecule has 0 saturated carbocycles. The first-order valence-electron chi connectivity index (χ1n) is 9.04. The van der Waals surface area contributed by atoms with Crippen LogP contribution in [-0.4, -0.2) is 32.6 Å². The molecule has 1 heterocycles. The maximum atomic E-state index is 12.3. The number of aryl methyl sites for hydroxylation is 1. The Morgan fingerprint density at radius 1 is 1.17 bits per heavy atom. The fraction of sp³-hybridized carbons (Fsp3) is 0.143. The van der Waals surface area contributed by atoms with Gasteiger partial charge in [-0.05, 0) is 48.0 Å². The summed E-state index contributed by atoms with van der Waals surface area (Å²) in [5, 5.41) is 6.99. The second-order valence-electron chi connectivity index (χ2n) is 6.64. The van der Waals surface area contributed by atoms with E-state index in [-0.39, 0.29) is 12.1 Å². The minimum atomic E-state index is -4.12. The van der Waals surface area contributed by atoms with Gasteiger partial charge in [0.05, 0.1) is 25.2 Å². The number of hydrogen-bond acceptors (Lipinski definition) is 4. The van der Waals surface area contributed by atoms with Crippen LogP contribution in [0.2, 0.25) is 0 Å². The zero-order chi connectivity index (χ0) is 21.7. The van der Waals surface area contributed by atoms with Gasteiger partial charge in [-0.2, -0.15) is 5.10 Å². The number of ether oxygens (including phenoxy) is 1. The summed E-state index contributed by atoms with van der Waals surface area (Å²) in [6.45, 7) is 0. The second kappa shape index (κ2) is 9.09. The van der Waals surface area contributed by atoms with Gasteiger partial charge in [0.25, 0.3) is 0 Å². The highest BCUT2D eigenvalue weighted by Gasteiger charge is 2.14. The average Bonchev–Trinajstić information content (AvgIpc) is 3.07. The Hall–Kier alpha value is -3.19. The zero-order valence-corrected chi connectivity index (χ0v) is 17.4. The fourth-order valence-electron chi connectivity index (χ4n) is 2.96. The number of carbonyl (C=O) groups is 1. The van der Waals surface area contributed by atoms with Gasteiger partial charge in [0.15, 0.2) is 0 Å². The van der Waals surface area contributed by atoms with E-state index in [0.29, 0.717) is 11.3 Å². The van der Waals surface area contributed by atoms with Crippen LogP contribution in [0.15, 0.2) is 60.8 Å². The average molecular weight is 427 g/mol. The smallest absolute Gasteiger partial charge is 0.329 e. The molecule has 0 bridgehead atoms. The Balaban J connectivity index is 1.70. The highest BCUT2D eigenvalue weighted by Crippen LogP contribution is 2.39. The summed E-state index contributed by atoms with van der Waals surface area (Å²) in [5.41, 5.74) is 3.62. The number of aromatic nitrogens is 2. The largest absolute Gasteiger partial charge is 0.497 e. The van der Waals surface area contributed by atoms with Crippen LogP contribution in [0.3, 0.4) is 0 Å². The van der Waals surface area contributed by atoms with Gasteiger partial charge in [0.2, 0.25) is 5.91 Å². The zero-order valence-electron chi connectivity index (χ0n) is 16.5. The number of carbonyl (C=O) groups excluding carboxylic acids is 1. The molecular weight excluding hydrogens is 405 g/mol. The molecule has 1 amide bonds. The standard InChI is InChI=1S/C21H22N3O5P/c1-24-21(16-5-10-19(29-2)11-6-16)17(13-22-24)7-12-20(25)23-18-8-3-15(4-9-18)14-30(26,27)28/h3-13H,14H2,1-2H3,(H,23,25)(H2,26,27,28)/b12-7+. The maximum absolute atomic E-state index is 12.3. The topological polar surface area (TPSA) is 114 Å². The van der Waals surface area contributed by atoms with Gasteiger partial charge >= 0.3 is 7.60 Å². The van der Waals surface area contributed by atoms with Crippen molar-refractivity contribution in [3.63, 3.8) is 0 Å². The first-order chi connectivity index (χ1) is 14.2. The summed E-state index contributed by atoms with van der Waals surface area (Å²) in [5.74, 6) is 0.423. The lowest BCUT2D eigenvalue weighted by molar-refractivity contribution is -0.111. The molecule has 0 aliphatic heterocycles. The molecule has 3 N–H and O–H groups in total. The third-order valence-corrected chi connectivity index (χ3v) is 5.13. The molecule has 0 radical (unpaired) electrons. The Kier molecular flexibility index (Phi) is 6.52. The number of methoxy groups -OCH3 is 1. The molecule has 0 fully saturated rings. The molecule has 0 unspecified atom stereocenters. The number of nitrogens with one attached hydrogen (secondary N) is 1. The van der Waals surface area contributed by atoms with E-state index < -0.39 is 7.60 Å². The van der Waals surface area contributed by atoms with Gasteiger partial charge in [0.1, 0.15) is 5.75 Å². The third kappa shape index (κ3) is 5.67. The predicted molar refractivity (Wildman–Crippen MR) is 115 cm³/mol. The van der Waals surface area contributed by atoms with Gasteiger partial charge in [-0.1, -0.05) is 12.1 Å². The lowest BCUT2D eigenvalue weighted by Gasteiger charge is -2.07. The Bertz CT molecular complexity index is 1100. The SMILES string of the molecule is COc1ccc(-c2c(/C=C/C(=O)Nc3ccc(CP(=O)(O)O)cc3)cnn2C)cc1. The second-order valence-corrected chi connectivity index (χ2v) is 8.29. The third-order valence-electron chi connectivity index (χ3n) is 4.35. The van der Waals surface area contributed by atoms with E-state index in [9.17, 15) is 9.36 Å². The fourth-order valence-corrected chi connectivity index (χ4v) is 3.65. The molecule has 0 atom stereocenters. The van der Waals surface area contributed by atoms with E-state index in [1.165, 1.54) is 6.08 Å². The van der Waals surface area contributed by atoms with Crippen molar-refractivity contribution in [2.75, 3.05) is 12.4 Å². The highest BCUT2D eigenvalue weighted by molar-refractivity contribution is 7.50. The van der Waals surface area contributed by atoms with E-state index in [0.717, 1.165) is 22.6 Å². The molecule has 30 heavy (non-hydrogen) atoms. The summed E-state index contributed by atoms with van der Waals surface area (Å²) in [6.07, 6.45) is 4.44. The van der Waals surface area contributed by atoms with E-state index in [2.05, 4.69) is 10.4 Å². The summed E-state index contributed by atoms with van der Waals surface area (Å²) in [4.78, 5) is 30.3. The number of nitrogens with zero attached hydrogens (tertiary/aromatic N) is 2. The van der Waals surface area contributed by atoms with E-state index >= 15 is 0 Å². The lowest BCUT2D eigenvalue weighted by Crippen LogP contribution is -2.07. The molecule has 3 aromatic rings. The quantitative estimate of drug-likeness (QED) is 0.393. The van der Waals surface area contributed by atoms with Crippen LogP contribution in [0, 0.1) is 0 Å². The van der Waals surface area contributed by atoms with Crippen molar-refractivity contribution in [3.05, 3.63) is 71.9 Å². The van der Waals surface area contributed by atoms with Crippen LogP contribution in [0.25, 0.3) is 17.3 Å². The van der Waals surface area contributed by atoms with Crippen LogP contribution >= 0.6 is 7.60 Å². The predicted octanol–water partition coefficient (Wildman–Crippen LogP) is 3.43. The van der Waals surface area contributed by atoms with Gasteiger partial charge in [-0.15, -0.1) is 0 Å². The van der Waals surface area contributed by atoms with Crippen LogP contribution in [0.5, 0.6) is 5.75 Å². The van der Waals surface area contributed by atoms with Crippen molar-refractivity contribution >= 4 is 25.3 Å². The molecule has 156 valence electrons. The van der Waals surface area contributed by atoms with Crippen molar-refractivity contribution in [1.82, 2.24) is 9.78 Å². The Morgan fingerprint density at radius 2 is 1.83 bits per heavy atom. The Morgan fingerprint density at radius 3 is 2.43 bits per heavy atom. The summed E-state index contributed by atoms with van der Waals surface area (Å²) in [6, 6.07) is 13.9. The first-order valence-corrected chi connectivity index (χ1v) is 10.8. The summed E-state index contributed by atoms with van der Waals surface area (Å²) in [7, 11) is -0.684. The molecule has 0 spiro atoms. The number of benzene rings is 2. The van der Waals surface area contributed by atoms with E-state index in [4.69, 9.17) is 14.5 Å². The maximum Gasteiger partial charge on any atom is 0.329 e. The number of amides is 1. The molecule has 0 aliphatic rings. The normalized spacial score (nSPS) is 11.6. The van der Waals surface area contributed by atoms with Gasteiger partial charge < -0.3 is 19.8 Å². The summed E-state index contributed by atoms with van der Waals surface area (Å²) < 4.78 is 18.0. The molecule has 3 rings (SSSR count). The first kappa shape index (κ1) is 21.5. The molecule has 0 saturated heterocycles. The molecule has 1 aromatic heterocycles. The van der Waals surface area contributed by atoms with Crippen LogP contribution < -0.4 is 10.1 Å². The number of hydrogen-bond donors (Lipinski definition) is 3. The van der Waals surface area contributed by atoms with E-state index in [1.54, 1.807) is 48.3 Å². The highest BCUT2D eigenvalue weighted by atomic mass is 31.2. The molecule has 8 nitrogen and oxygen atoms in total. The van der Waals surface area contributed by atoms with Crippen molar-refractivity contribution < 1.29 is 23.9 Å².